The first-order chi connectivity index (χ1) is 9.11. The van der Waals surface area contributed by atoms with Crippen molar-refractivity contribution in [2.75, 3.05) is 7.11 Å². The number of ether oxygens (including phenoxy) is 1. The largest absolute Gasteiger partial charge is 0.480 e. The summed E-state index contributed by atoms with van der Waals surface area (Å²) in [6.07, 6.45) is 2.22. The molecule has 0 aliphatic carbocycles. The van der Waals surface area contributed by atoms with E-state index >= 15 is 0 Å². The lowest BCUT2D eigenvalue weighted by Gasteiger charge is -2.13. The first-order valence-electron chi connectivity index (χ1n) is 5.58. The van der Waals surface area contributed by atoms with E-state index in [0.717, 1.165) is 0 Å². The summed E-state index contributed by atoms with van der Waals surface area (Å²) in [4.78, 5) is 8.00. The van der Waals surface area contributed by atoms with E-state index in [0.29, 0.717) is 11.3 Å². The Morgan fingerprint density at radius 2 is 2.11 bits per heavy atom. The van der Waals surface area contributed by atoms with Crippen molar-refractivity contribution in [3.63, 3.8) is 0 Å². The molecule has 0 amide bonds. The van der Waals surface area contributed by atoms with E-state index in [4.69, 9.17) is 16.3 Å². The summed E-state index contributed by atoms with van der Waals surface area (Å²) in [5, 5.41) is 10.4. The number of aliphatic hydroxyl groups is 1. The molecule has 19 heavy (non-hydrogen) atoms. The third-order valence-electron chi connectivity index (χ3n) is 2.63. The Hall–Kier alpha value is -1.72. The fourth-order valence-electron chi connectivity index (χ4n) is 1.71. The summed E-state index contributed by atoms with van der Waals surface area (Å²) in [7, 11) is 1.45. The quantitative estimate of drug-likeness (QED) is 0.936. The van der Waals surface area contributed by atoms with Gasteiger partial charge in [0.15, 0.2) is 0 Å². The monoisotopic (exact) mass is 282 g/mol. The molecule has 1 aromatic carbocycles. The van der Waals surface area contributed by atoms with Gasteiger partial charge in [0.1, 0.15) is 17.6 Å². The highest BCUT2D eigenvalue weighted by molar-refractivity contribution is 6.31. The molecule has 1 aromatic heterocycles. The number of rotatable bonds is 4. The van der Waals surface area contributed by atoms with E-state index in [1.54, 1.807) is 0 Å². The number of hydrogen-bond donors (Lipinski definition) is 1. The molecule has 1 atom stereocenters. The molecule has 0 aliphatic rings. The molecule has 0 spiro atoms. The third-order valence-corrected chi connectivity index (χ3v) is 2.98. The summed E-state index contributed by atoms with van der Waals surface area (Å²) in [6, 6.07) is 4.03. The first kappa shape index (κ1) is 13.7. The average molecular weight is 283 g/mol. The normalized spacial score (nSPS) is 12.2. The van der Waals surface area contributed by atoms with Gasteiger partial charge in [-0.25, -0.2) is 9.37 Å². The summed E-state index contributed by atoms with van der Waals surface area (Å²) < 4.78 is 18.0. The molecule has 1 unspecified atom stereocenters. The van der Waals surface area contributed by atoms with Crippen LogP contribution in [0.1, 0.15) is 17.4 Å². The Kier molecular flexibility index (Phi) is 4.29. The van der Waals surface area contributed by atoms with Crippen LogP contribution in [0.15, 0.2) is 30.6 Å². The molecule has 1 N–H and O–H groups in total. The molecule has 0 radical (unpaired) electrons. The van der Waals surface area contributed by atoms with Crippen LogP contribution in [-0.2, 0) is 6.42 Å². The van der Waals surface area contributed by atoms with E-state index < -0.39 is 11.9 Å². The predicted molar refractivity (Wildman–Crippen MR) is 68.7 cm³/mol. The minimum absolute atomic E-state index is 0.203. The Morgan fingerprint density at radius 1 is 1.37 bits per heavy atom. The van der Waals surface area contributed by atoms with Crippen LogP contribution in [-0.4, -0.2) is 22.2 Å². The van der Waals surface area contributed by atoms with Crippen LogP contribution in [0.4, 0.5) is 4.39 Å². The predicted octanol–water partition coefficient (Wildman–Crippen LogP) is 2.55. The highest BCUT2D eigenvalue weighted by atomic mass is 35.5. The van der Waals surface area contributed by atoms with Gasteiger partial charge in [-0.1, -0.05) is 17.7 Å². The van der Waals surface area contributed by atoms with Crippen LogP contribution < -0.4 is 4.74 Å². The Labute approximate surface area is 114 Å². The molecule has 0 saturated carbocycles. The van der Waals surface area contributed by atoms with Crippen molar-refractivity contribution in [3.8, 4) is 5.88 Å². The lowest BCUT2D eigenvalue weighted by atomic mass is 10.1. The van der Waals surface area contributed by atoms with Crippen molar-refractivity contribution < 1.29 is 14.2 Å². The summed E-state index contributed by atoms with van der Waals surface area (Å²) in [6.45, 7) is 0. The molecule has 0 fully saturated rings. The number of aromatic nitrogens is 2. The molecule has 0 aliphatic heterocycles. The van der Waals surface area contributed by atoms with Crippen LogP contribution in [0, 0.1) is 5.82 Å². The zero-order valence-corrected chi connectivity index (χ0v) is 10.9. The molecule has 0 saturated heterocycles. The van der Waals surface area contributed by atoms with Gasteiger partial charge >= 0.3 is 0 Å². The molecule has 6 heteroatoms. The van der Waals surface area contributed by atoms with E-state index in [2.05, 4.69) is 9.97 Å². The number of benzene rings is 1. The zero-order chi connectivity index (χ0) is 13.8. The average Bonchev–Trinajstić information content (AvgIpc) is 2.41. The van der Waals surface area contributed by atoms with E-state index in [9.17, 15) is 9.50 Å². The number of methoxy groups -OCH3 is 1. The van der Waals surface area contributed by atoms with Gasteiger partial charge in [-0.15, -0.1) is 0 Å². The standard InChI is InChI=1S/C13H12ClFN2O2/c1-19-13-12(16-4-5-17-13)11(18)6-8-2-3-9(15)7-10(8)14/h2-5,7,11,18H,6H2,1H3. The lowest BCUT2D eigenvalue weighted by Crippen LogP contribution is -2.08. The van der Waals surface area contributed by atoms with E-state index in [-0.39, 0.29) is 17.3 Å². The van der Waals surface area contributed by atoms with Crippen molar-refractivity contribution in [1.29, 1.82) is 0 Å². The van der Waals surface area contributed by atoms with Crippen LogP contribution in [0.3, 0.4) is 0 Å². The smallest absolute Gasteiger partial charge is 0.238 e. The Balaban J connectivity index is 2.23. The van der Waals surface area contributed by atoms with E-state index in [1.165, 1.54) is 37.7 Å². The van der Waals surface area contributed by atoms with Gasteiger partial charge in [-0.2, -0.15) is 0 Å². The molecular formula is C13H12ClFN2O2. The van der Waals surface area contributed by atoms with Crippen molar-refractivity contribution in [1.82, 2.24) is 9.97 Å². The molecule has 2 aromatic rings. The van der Waals surface area contributed by atoms with Crippen LogP contribution in [0.5, 0.6) is 5.88 Å². The molecule has 1 heterocycles. The molecule has 0 bridgehead atoms. The summed E-state index contributed by atoms with van der Waals surface area (Å²) >= 11 is 5.92. The van der Waals surface area contributed by atoms with Gasteiger partial charge in [0.25, 0.3) is 0 Å². The maximum Gasteiger partial charge on any atom is 0.238 e. The van der Waals surface area contributed by atoms with Crippen molar-refractivity contribution in [2.24, 2.45) is 0 Å². The molecule has 100 valence electrons. The number of nitrogens with zero attached hydrogens (tertiary/aromatic N) is 2. The van der Waals surface area contributed by atoms with Gasteiger partial charge in [0, 0.05) is 23.8 Å². The van der Waals surface area contributed by atoms with Crippen LogP contribution >= 0.6 is 11.6 Å². The summed E-state index contributed by atoms with van der Waals surface area (Å²) in [5.74, 6) is -0.159. The van der Waals surface area contributed by atoms with Crippen molar-refractivity contribution in [2.45, 2.75) is 12.5 Å². The van der Waals surface area contributed by atoms with Crippen molar-refractivity contribution >= 4 is 11.6 Å². The number of aliphatic hydroxyl groups excluding tert-OH is 1. The van der Waals surface area contributed by atoms with Crippen LogP contribution in [0.2, 0.25) is 5.02 Å². The Bertz CT molecular complexity index is 580. The van der Waals surface area contributed by atoms with Crippen molar-refractivity contribution in [3.05, 3.63) is 52.7 Å². The Morgan fingerprint density at radius 3 is 2.79 bits per heavy atom. The second kappa shape index (κ2) is 5.95. The SMILES string of the molecule is COc1nccnc1C(O)Cc1ccc(F)cc1Cl. The third kappa shape index (κ3) is 3.19. The topological polar surface area (TPSA) is 55.2 Å². The maximum absolute atomic E-state index is 12.9. The second-order valence-corrected chi connectivity index (χ2v) is 4.31. The van der Waals surface area contributed by atoms with Gasteiger partial charge < -0.3 is 9.84 Å². The van der Waals surface area contributed by atoms with Gasteiger partial charge in [0.05, 0.1) is 7.11 Å². The molecule has 2 rings (SSSR count). The number of halogens is 2. The molecule has 4 nitrogen and oxygen atoms in total. The maximum atomic E-state index is 12.9. The fraction of sp³-hybridized carbons (Fsp3) is 0.231. The minimum atomic E-state index is -0.924. The van der Waals surface area contributed by atoms with Gasteiger partial charge in [-0.05, 0) is 17.7 Å². The fourth-order valence-corrected chi connectivity index (χ4v) is 1.96. The zero-order valence-electron chi connectivity index (χ0n) is 10.2. The van der Waals surface area contributed by atoms with E-state index in [1.807, 2.05) is 0 Å². The lowest BCUT2D eigenvalue weighted by molar-refractivity contribution is 0.167. The minimum Gasteiger partial charge on any atom is -0.480 e. The first-order valence-corrected chi connectivity index (χ1v) is 5.96. The van der Waals surface area contributed by atoms with Gasteiger partial charge in [-0.3, -0.25) is 4.98 Å². The highest BCUT2D eigenvalue weighted by Gasteiger charge is 2.17. The highest BCUT2D eigenvalue weighted by Crippen LogP contribution is 2.26. The second-order valence-electron chi connectivity index (χ2n) is 3.91. The summed E-state index contributed by atoms with van der Waals surface area (Å²) in [5.41, 5.74) is 0.952. The van der Waals surface area contributed by atoms with Gasteiger partial charge in [0.2, 0.25) is 5.88 Å². The molecular weight excluding hydrogens is 271 g/mol. The van der Waals surface area contributed by atoms with Crippen LogP contribution in [0.25, 0.3) is 0 Å². The number of hydrogen-bond acceptors (Lipinski definition) is 4.